The number of nitrogens with zero attached hydrogens (tertiary/aromatic N) is 2. The maximum atomic E-state index is 11.9. The quantitative estimate of drug-likeness (QED) is 0.416. The van der Waals surface area contributed by atoms with E-state index in [2.05, 4.69) is 31.0 Å². The molecule has 0 aromatic rings. The lowest BCUT2D eigenvalue weighted by Crippen LogP contribution is -2.39. The highest BCUT2D eigenvalue weighted by Gasteiger charge is 2.36. The highest BCUT2D eigenvalue weighted by Crippen LogP contribution is 2.28. The Labute approximate surface area is 135 Å². The average Bonchev–Trinajstić information content (AvgIpc) is 2.35. The van der Waals surface area contributed by atoms with Crippen LogP contribution >= 0.6 is 0 Å². The standard InChI is InChI=1S/C14H30N2O4Si2/c1-7-10-22(11-8-2,12-9-3)20-14(18)16-15-13(17)19-21(4,5)6/h7-12H2,1-6H3. The number of carbonyl (C=O) groups excluding carboxylic acids is 2. The second kappa shape index (κ2) is 9.88. The van der Waals surface area contributed by atoms with Crippen molar-refractivity contribution >= 4 is 28.8 Å². The molecule has 0 aliphatic rings. The molecule has 0 aromatic carbocycles. The summed E-state index contributed by atoms with van der Waals surface area (Å²) in [5.74, 6) is 0. The first-order valence-corrected chi connectivity index (χ1v) is 14.0. The summed E-state index contributed by atoms with van der Waals surface area (Å²) in [5, 5.41) is 6.71. The van der Waals surface area contributed by atoms with Crippen molar-refractivity contribution in [3.8, 4) is 0 Å². The minimum atomic E-state index is -2.12. The predicted octanol–water partition coefficient (Wildman–Crippen LogP) is 5.72. The van der Waals surface area contributed by atoms with Crippen LogP contribution in [-0.4, -0.2) is 28.8 Å². The Morgan fingerprint density at radius 3 is 1.45 bits per heavy atom. The molecule has 22 heavy (non-hydrogen) atoms. The largest absolute Gasteiger partial charge is 0.502 e. The molecule has 8 heteroatoms. The van der Waals surface area contributed by atoms with Gasteiger partial charge in [-0.05, 0) is 37.8 Å². The smallest absolute Gasteiger partial charge is 0.439 e. The lowest BCUT2D eigenvalue weighted by molar-refractivity contribution is 0.197. The summed E-state index contributed by atoms with van der Waals surface area (Å²) in [7, 11) is -4.15. The van der Waals surface area contributed by atoms with Crippen molar-refractivity contribution in [1.29, 1.82) is 0 Å². The second-order valence-electron chi connectivity index (χ2n) is 6.48. The number of azo groups is 1. The summed E-state index contributed by atoms with van der Waals surface area (Å²) in [5.41, 5.74) is 0. The van der Waals surface area contributed by atoms with Crippen molar-refractivity contribution in [1.82, 2.24) is 0 Å². The van der Waals surface area contributed by atoms with Crippen LogP contribution in [0.4, 0.5) is 9.59 Å². The lowest BCUT2D eigenvalue weighted by atomic mass is 10.6. The van der Waals surface area contributed by atoms with Gasteiger partial charge in [0, 0.05) is 0 Å². The van der Waals surface area contributed by atoms with Crippen LogP contribution < -0.4 is 0 Å². The second-order valence-corrected chi connectivity index (χ2v) is 15.0. The van der Waals surface area contributed by atoms with Gasteiger partial charge >= 0.3 is 12.2 Å². The number of amides is 2. The van der Waals surface area contributed by atoms with Crippen molar-refractivity contribution in [2.45, 2.75) is 77.8 Å². The monoisotopic (exact) mass is 346 g/mol. The molecule has 0 radical (unpaired) electrons. The fourth-order valence-corrected chi connectivity index (χ4v) is 7.23. The van der Waals surface area contributed by atoms with Gasteiger partial charge in [-0.25, -0.2) is 9.59 Å². The van der Waals surface area contributed by atoms with Crippen molar-refractivity contribution in [2.24, 2.45) is 10.2 Å². The molecule has 128 valence electrons. The summed E-state index contributed by atoms with van der Waals surface area (Å²) in [4.78, 5) is 23.4. The fraction of sp³-hybridized carbons (Fsp3) is 0.857. The number of rotatable bonds is 8. The van der Waals surface area contributed by atoms with Gasteiger partial charge in [0.1, 0.15) is 0 Å². The van der Waals surface area contributed by atoms with E-state index < -0.39 is 28.8 Å². The van der Waals surface area contributed by atoms with Gasteiger partial charge in [0.15, 0.2) is 0 Å². The number of hydrogen-bond donors (Lipinski definition) is 0. The van der Waals surface area contributed by atoms with Gasteiger partial charge in [-0.3, -0.25) is 0 Å². The van der Waals surface area contributed by atoms with E-state index in [0.29, 0.717) is 0 Å². The summed E-state index contributed by atoms with van der Waals surface area (Å²) in [6.07, 6.45) is 1.37. The Morgan fingerprint density at radius 1 is 0.773 bits per heavy atom. The summed E-state index contributed by atoms with van der Waals surface area (Å²) < 4.78 is 10.8. The van der Waals surface area contributed by atoms with Gasteiger partial charge in [0.25, 0.3) is 8.32 Å². The zero-order valence-corrected chi connectivity index (χ0v) is 16.8. The van der Waals surface area contributed by atoms with Gasteiger partial charge in [0.2, 0.25) is 8.32 Å². The van der Waals surface area contributed by atoms with E-state index in [4.69, 9.17) is 8.85 Å². The highest BCUT2D eigenvalue weighted by atomic mass is 28.4. The molecule has 0 fully saturated rings. The predicted molar refractivity (Wildman–Crippen MR) is 92.2 cm³/mol. The highest BCUT2D eigenvalue weighted by molar-refractivity contribution is 6.75. The number of hydrogen-bond acceptors (Lipinski definition) is 4. The molecule has 0 heterocycles. The Bertz CT molecular complexity index is 378. The van der Waals surface area contributed by atoms with Crippen LogP contribution in [0.3, 0.4) is 0 Å². The summed E-state index contributed by atoms with van der Waals surface area (Å²) >= 11 is 0. The van der Waals surface area contributed by atoms with Crippen LogP contribution in [0.15, 0.2) is 10.2 Å². The van der Waals surface area contributed by atoms with Crippen LogP contribution in [0.1, 0.15) is 40.0 Å². The molecule has 0 unspecified atom stereocenters. The third-order valence-electron chi connectivity index (χ3n) is 3.03. The molecule has 2 amide bonds. The molecule has 0 bridgehead atoms. The van der Waals surface area contributed by atoms with E-state index in [1.807, 2.05) is 19.6 Å². The van der Waals surface area contributed by atoms with Crippen LogP contribution in [0, 0.1) is 0 Å². The molecule has 0 spiro atoms. The minimum Gasteiger partial charge on any atom is -0.502 e. The molecule has 0 aromatic heterocycles. The first-order valence-electron chi connectivity index (χ1n) is 8.05. The van der Waals surface area contributed by atoms with Crippen molar-refractivity contribution in [2.75, 3.05) is 0 Å². The lowest BCUT2D eigenvalue weighted by Gasteiger charge is -2.29. The molecule has 0 aliphatic carbocycles. The van der Waals surface area contributed by atoms with Gasteiger partial charge in [-0.2, -0.15) is 0 Å². The molecular weight excluding hydrogens is 316 g/mol. The van der Waals surface area contributed by atoms with E-state index in [9.17, 15) is 9.59 Å². The first-order chi connectivity index (χ1) is 10.2. The van der Waals surface area contributed by atoms with Crippen molar-refractivity contribution in [3.63, 3.8) is 0 Å². The van der Waals surface area contributed by atoms with Crippen LogP contribution in [-0.2, 0) is 8.85 Å². The summed E-state index contributed by atoms with van der Waals surface area (Å²) in [6, 6.07) is 2.78. The maximum Gasteiger partial charge on any atom is 0.439 e. The molecule has 0 aliphatic heterocycles. The third kappa shape index (κ3) is 9.09. The van der Waals surface area contributed by atoms with Gasteiger partial charge < -0.3 is 8.85 Å². The zero-order valence-electron chi connectivity index (χ0n) is 14.8. The van der Waals surface area contributed by atoms with Crippen molar-refractivity contribution in [3.05, 3.63) is 0 Å². The Kier molecular flexibility index (Phi) is 9.42. The fourth-order valence-electron chi connectivity index (χ4n) is 2.46. The molecule has 0 saturated heterocycles. The molecular formula is C14H30N2O4Si2. The normalized spacial score (nSPS) is 12.5. The Balaban J connectivity index is 4.78. The first kappa shape index (κ1) is 21.0. The van der Waals surface area contributed by atoms with E-state index in [0.717, 1.165) is 37.4 Å². The van der Waals surface area contributed by atoms with E-state index in [1.54, 1.807) is 0 Å². The van der Waals surface area contributed by atoms with Crippen molar-refractivity contribution < 1.29 is 18.4 Å². The molecule has 0 saturated carbocycles. The topological polar surface area (TPSA) is 77.3 Å². The molecule has 0 atom stereocenters. The Morgan fingerprint density at radius 2 is 1.14 bits per heavy atom. The molecule has 0 N–H and O–H groups in total. The third-order valence-corrected chi connectivity index (χ3v) is 8.66. The minimum absolute atomic E-state index is 0.755. The maximum absolute atomic E-state index is 11.9. The average molecular weight is 347 g/mol. The van der Waals surface area contributed by atoms with Gasteiger partial charge in [0.05, 0.1) is 0 Å². The van der Waals surface area contributed by atoms with Crippen LogP contribution in [0.25, 0.3) is 0 Å². The van der Waals surface area contributed by atoms with Crippen LogP contribution in [0.2, 0.25) is 37.8 Å². The SMILES string of the molecule is CCC[Si](CCC)(CCC)OC(=O)N=NC(=O)O[Si](C)(C)C. The van der Waals surface area contributed by atoms with E-state index in [1.165, 1.54) is 0 Å². The Hall–Kier alpha value is -1.03. The van der Waals surface area contributed by atoms with Crippen LogP contribution in [0.5, 0.6) is 0 Å². The summed E-state index contributed by atoms with van der Waals surface area (Å²) in [6.45, 7) is 11.9. The zero-order chi connectivity index (χ0) is 17.2. The number of carbonyl (C=O) groups is 2. The molecule has 0 rings (SSSR count). The molecule has 6 nitrogen and oxygen atoms in total. The van der Waals surface area contributed by atoms with E-state index >= 15 is 0 Å². The van der Waals surface area contributed by atoms with E-state index in [-0.39, 0.29) is 0 Å². The van der Waals surface area contributed by atoms with Gasteiger partial charge in [-0.1, -0.05) is 50.3 Å². The van der Waals surface area contributed by atoms with Gasteiger partial charge in [-0.15, -0.1) is 0 Å².